The van der Waals surface area contributed by atoms with E-state index < -0.39 is 36.6 Å². The number of carboxylic acids is 1. The Bertz CT molecular complexity index is 1150. The summed E-state index contributed by atoms with van der Waals surface area (Å²) in [7, 11) is 0. The SMILES string of the molecule is O=C(NCC(O)C(O)c1cc(F)ccc1C(=O)O)OCC1c2ccccc2-c2ccccc21. The van der Waals surface area contributed by atoms with Crippen LogP contribution in [0.5, 0.6) is 0 Å². The average Bonchev–Trinajstić information content (AvgIpc) is 3.14. The van der Waals surface area contributed by atoms with Gasteiger partial charge in [-0.05, 0) is 40.5 Å². The van der Waals surface area contributed by atoms with Gasteiger partial charge in [0.25, 0.3) is 0 Å². The maximum atomic E-state index is 13.5. The normalized spacial score (nSPS) is 14.2. The first kappa shape index (κ1) is 22.4. The first-order valence-electron chi connectivity index (χ1n) is 10.3. The van der Waals surface area contributed by atoms with E-state index in [9.17, 15) is 29.3 Å². The van der Waals surface area contributed by atoms with E-state index in [1.165, 1.54) is 0 Å². The van der Waals surface area contributed by atoms with Crippen LogP contribution in [0.4, 0.5) is 9.18 Å². The van der Waals surface area contributed by atoms with Gasteiger partial charge in [0.15, 0.2) is 0 Å². The van der Waals surface area contributed by atoms with Gasteiger partial charge in [-0.1, -0.05) is 48.5 Å². The number of aromatic carboxylic acids is 1. The van der Waals surface area contributed by atoms with Crippen LogP contribution < -0.4 is 5.32 Å². The minimum absolute atomic E-state index is 0.0750. The van der Waals surface area contributed by atoms with E-state index in [1.54, 1.807) is 0 Å². The van der Waals surface area contributed by atoms with Gasteiger partial charge in [-0.25, -0.2) is 14.0 Å². The number of ether oxygens (including phenoxy) is 1. The topological polar surface area (TPSA) is 116 Å². The van der Waals surface area contributed by atoms with E-state index in [2.05, 4.69) is 5.32 Å². The van der Waals surface area contributed by atoms with E-state index in [-0.39, 0.29) is 23.7 Å². The molecule has 0 heterocycles. The Morgan fingerprint density at radius 3 is 2.18 bits per heavy atom. The third-order valence-electron chi connectivity index (χ3n) is 5.73. The standard InChI is InChI=1S/C25H22FNO6/c26-14-9-10-19(24(30)31)20(11-14)23(29)22(28)12-27-25(32)33-13-21-17-7-3-1-5-15(17)16-6-2-4-8-18(16)21/h1-11,21-23,28-29H,12-13H2,(H,27,32)(H,30,31). The van der Waals surface area contributed by atoms with Crippen LogP contribution in [0, 0.1) is 5.82 Å². The molecule has 4 N–H and O–H groups in total. The molecule has 0 saturated heterocycles. The number of carbonyl (C=O) groups is 2. The number of amides is 1. The Morgan fingerprint density at radius 1 is 0.970 bits per heavy atom. The van der Waals surface area contributed by atoms with E-state index in [0.717, 1.165) is 40.5 Å². The van der Waals surface area contributed by atoms with E-state index >= 15 is 0 Å². The lowest BCUT2D eigenvalue weighted by Gasteiger charge is -2.20. The van der Waals surface area contributed by atoms with E-state index in [4.69, 9.17) is 4.74 Å². The zero-order valence-corrected chi connectivity index (χ0v) is 17.4. The number of carbonyl (C=O) groups excluding carboxylic acids is 1. The number of nitrogens with one attached hydrogen (secondary N) is 1. The smallest absolute Gasteiger partial charge is 0.407 e. The summed E-state index contributed by atoms with van der Waals surface area (Å²) in [6.45, 7) is -0.348. The third-order valence-corrected chi connectivity index (χ3v) is 5.73. The predicted molar refractivity (Wildman–Crippen MR) is 117 cm³/mol. The van der Waals surface area contributed by atoms with Crippen molar-refractivity contribution >= 4 is 12.1 Å². The fraction of sp³-hybridized carbons (Fsp3) is 0.200. The van der Waals surface area contributed by atoms with Gasteiger partial charge in [0.1, 0.15) is 24.6 Å². The second-order valence-electron chi connectivity index (χ2n) is 7.76. The minimum atomic E-state index is -1.72. The highest BCUT2D eigenvalue weighted by Gasteiger charge is 2.29. The quantitative estimate of drug-likeness (QED) is 0.437. The number of hydrogen-bond acceptors (Lipinski definition) is 5. The lowest BCUT2D eigenvalue weighted by molar-refractivity contribution is 0.0173. The van der Waals surface area contributed by atoms with Crippen LogP contribution in [0.25, 0.3) is 11.1 Å². The Morgan fingerprint density at radius 2 is 1.58 bits per heavy atom. The fourth-order valence-corrected chi connectivity index (χ4v) is 4.13. The Hall–Kier alpha value is -3.75. The van der Waals surface area contributed by atoms with Crippen molar-refractivity contribution in [3.05, 3.63) is 94.8 Å². The highest BCUT2D eigenvalue weighted by atomic mass is 19.1. The summed E-state index contributed by atoms with van der Waals surface area (Å²) < 4.78 is 18.9. The molecule has 3 aromatic rings. The zero-order chi connectivity index (χ0) is 23.5. The predicted octanol–water partition coefficient (Wildman–Crippen LogP) is 3.46. The second-order valence-corrected chi connectivity index (χ2v) is 7.76. The number of alkyl carbamates (subject to hydrolysis) is 1. The first-order chi connectivity index (χ1) is 15.9. The molecule has 170 valence electrons. The number of benzene rings is 3. The molecule has 0 spiro atoms. The van der Waals surface area contributed by atoms with Crippen molar-refractivity contribution in [2.45, 2.75) is 18.1 Å². The Balaban J connectivity index is 1.37. The van der Waals surface area contributed by atoms with Gasteiger partial charge in [0.2, 0.25) is 0 Å². The van der Waals surface area contributed by atoms with Gasteiger partial charge < -0.3 is 25.4 Å². The molecular weight excluding hydrogens is 429 g/mol. The molecule has 3 aromatic carbocycles. The van der Waals surface area contributed by atoms with Gasteiger partial charge in [-0.3, -0.25) is 0 Å². The summed E-state index contributed by atoms with van der Waals surface area (Å²) in [5.41, 5.74) is 3.65. The molecule has 0 aliphatic heterocycles. The summed E-state index contributed by atoms with van der Waals surface area (Å²) in [5, 5.41) is 32.1. The molecule has 8 heteroatoms. The number of aliphatic hydroxyl groups is 2. The molecule has 0 aromatic heterocycles. The number of hydrogen-bond donors (Lipinski definition) is 4. The molecule has 4 rings (SSSR count). The van der Waals surface area contributed by atoms with Crippen LogP contribution in [-0.4, -0.2) is 46.6 Å². The van der Waals surface area contributed by atoms with Gasteiger partial charge >= 0.3 is 12.1 Å². The van der Waals surface area contributed by atoms with Gasteiger partial charge in [0.05, 0.1) is 5.56 Å². The first-order valence-corrected chi connectivity index (χ1v) is 10.3. The lowest BCUT2D eigenvalue weighted by atomic mass is 9.98. The van der Waals surface area contributed by atoms with E-state index in [0.29, 0.717) is 0 Å². The molecule has 0 bridgehead atoms. The Kier molecular flexibility index (Phi) is 6.39. The molecule has 0 saturated carbocycles. The number of rotatable bonds is 7. The molecule has 1 amide bonds. The van der Waals surface area contributed by atoms with Crippen LogP contribution in [0.2, 0.25) is 0 Å². The molecule has 2 atom stereocenters. The maximum absolute atomic E-state index is 13.5. The largest absolute Gasteiger partial charge is 0.478 e. The average molecular weight is 451 g/mol. The summed E-state index contributed by atoms with van der Waals surface area (Å²) in [6.07, 6.45) is -4.10. The van der Waals surface area contributed by atoms with Crippen LogP contribution in [0.15, 0.2) is 66.7 Å². The molecule has 33 heavy (non-hydrogen) atoms. The summed E-state index contributed by atoms with van der Waals surface area (Å²) in [5.74, 6) is -2.27. The van der Waals surface area contributed by atoms with Crippen LogP contribution in [-0.2, 0) is 4.74 Å². The summed E-state index contributed by atoms with van der Waals surface area (Å²) in [6, 6.07) is 18.5. The molecule has 0 fully saturated rings. The molecule has 1 aliphatic rings. The van der Waals surface area contributed by atoms with Gasteiger partial charge in [-0.15, -0.1) is 0 Å². The number of aliphatic hydroxyl groups excluding tert-OH is 2. The van der Waals surface area contributed by atoms with Crippen molar-refractivity contribution in [2.24, 2.45) is 0 Å². The van der Waals surface area contributed by atoms with Crippen molar-refractivity contribution in [1.82, 2.24) is 5.32 Å². The maximum Gasteiger partial charge on any atom is 0.407 e. The van der Waals surface area contributed by atoms with Gasteiger partial charge in [-0.2, -0.15) is 0 Å². The van der Waals surface area contributed by atoms with Crippen LogP contribution in [0.1, 0.15) is 39.1 Å². The lowest BCUT2D eigenvalue weighted by Crippen LogP contribution is -2.36. The molecule has 0 radical (unpaired) electrons. The highest BCUT2D eigenvalue weighted by molar-refractivity contribution is 5.89. The molecule has 7 nitrogen and oxygen atoms in total. The number of carboxylic acid groups (broad SMARTS) is 1. The van der Waals surface area contributed by atoms with Crippen LogP contribution >= 0.6 is 0 Å². The third kappa shape index (κ3) is 4.57. The van der Waals surface area contributed by atoms with Crippen molar-refractivity contribution in [2.75, 3.05) is 13.2 Å². The van der Waals surface area contributed by atoms with Crippen LogP contribution in [0.3, 0.4) is 0 Å². The van der Waals surface area contributed by atoms with Gasteiger partial charge in [0, 0.05) is 18.0 Å². The van der Waals surface area contributed by atoms with E-state index in [1.807, 2.05) is 48.5 Å². The monoisotopic (exact) mass is 451 g/mol. The minimum Gasteiger partial charge on any atom is -0.478 e. The van der Waals surface area contributed by atoms with Crippen molar-refractivity contribution in [3.8, 4) is 11.1 Å². The van der Waals surface area contributed by atoms with Crippen molar-refractivity contribution in [3.63, 3.8) is 0 Å². The second kappa shape index (κ2) is 9.40. The molecule has 1 aliphatic carbocycles. The molecule has 2 unspecified atom stereocenters. The summed E-state index contributed by atoms with van der Waals surface area (Å²) >= 11 is 0. The highest BCUT2D eigenvalue weighted by Crippen LogP contribution is 2.44. The number of fused-ring (bicyclic) bond motifs is 3. The fourth-order valence-electron chi connectivity index (χ4n) is 4.13. The Labute approximate surface area is 189 Å². The zero-order valence-electron chi connectivity index (χ0n) is 17.4. The molecular formula is C25H22FNO6. The summed E-state index contributed by atoms with van der Waals surface area (Å²) in [4.78, 5) is 23.5. The van der Waals surface area contributed by atoms with Crippen molar-refractivity contribution in [1.29, 1.82) is 0 Å². The van der Waals surface area contributed by atoms with Crippen molar-refractivity contribution < 1.29 is 34.0 Å². The number of halogens is 1.